The molecule has 1 saturated heterocycles. The third kappa shape index (κ3) is 3.84. The Balaban J connectivity index is 1.63. The molecule has 2 aliphatic rings. The zero-order valence-electron chi connectivity index (χ0n) is 16.4. The molecule has 1 spiro atoms. The van der Waals surface area contributed by atoms with Gasteiger partial charge in [0.15, 0.2) is 0 Å². The van der Waals surface area contributed by atoms with Crippen molar-refractivity contribution in [2.75, 3.05) is 11.9 Å². The van der Waals surface area contributed by atoms with Crippen molar-refractivity contribution in [2.24, 2.45) is 11.3 Å². The number of hydrogen-bond acceptors (Lipinski definition) is 3. The highest BCUT2D eigenvalue weighted by atomic mass is 16.2. The minimum Gasteiger partial charge on any atom is -0.325 e. The number of carbonyl (C=O) groups excluding carboxylic acids is 3. The van der Waals surface area contributed by atoms with Crippen LogP contribution in [0.1, 0.15) is 52.9 Å². The molecule has 4 amide bonds. The average molecular weight is 371 g/mol. The molecule has 0 atom stereocenters. The summed E-state index contributed by atoms with van der Waals surface area (Å²) >= 11 is 0. The van der Waals surface area contributed by atoms with Crippen LogP contribution in [0.15, 0.2) is 30.3 Å². The zero-order chi connectivity index (χ0) is 19.7. The third-order valence-corrected chi connectivity index (χ3v) is 6.46. The quantitative estimate of drug-likeness (QED) is 0.777. The lowest BCUT2D eigenvalue weighted by Gasteiger charge is -2.42. The van der Waals surface area contributed by atoms with Crippen molar-refractivity contribution >= 4 is 23.5 Å². The van der Waals surface area contributed by atoms with Crippen molar-refractivity contribution in [2.45, 2.75) is 58.4 Å². The molecular weight excluding hydrogens is 342 g/mol. The largest absolute Gasteiger partial charge is 0.325 e. The number of nitrogens with zero attached hydrogens (tertiary/aromatic N) is 1. The first-order valence-corrected chi connectivity index (χ1v) is 9.76. The van der Waals surface area contributed by atoms with Crippen LogP contribution in [0.5, 0.6) is 0 Å². The molecule has 2 fully saturated rings. The first-order chi connectivity index (χ1) is 12.8. The molecule has 0 radical (unpaired) electrons. The Kier molecular flexibility index (Phi) is 5.27. The average Bonchev–Trinajstić information content (AvgIpc) is 2.87. The second kappa shape index (κ2) is 7.33. The van der Waals surface area contributed by atoms with Gasteiger partial charge in [0.2, 0.25) is 5.91 Å². The Hall–Kier alpha value is -2.37. The van der Waals surface area contributed by atoms with E-state index in [1.165, 1.54) is 0 Å². The molecule has 3 rings (SSSR count). The molecular formula is C21H29N3O3. The predicted molar refractivity (Wildman–Crippen MR) is 104 cm³/mol. The van der Waals surface area contributed by atoms with Crippen LogP contribution >= 0.6 is 0 Å². The molecule has 1 aromatic rings. The van der Waals surface area contributed by atoms with E-state index in [0.717, 1.165) is 24.2 Å². The van der Waals surface area contributed by atoms with E-state index < -0.39 is 11.6 Å². The van der Waals surface area contributed by atoms with Crippen LogP contribution in [0.25, 0.3) is 0 Å². The summed E-state index contributed by atoms with van der Waals surface area (Å²) in [6.45, 7) is 6.47. The fraction of sp³-hybridized carbons (Fsp3) is 0.571. The summed E-state index contributed by atoms with van der Waals surface area (Å²) < 4.78 is 0. The Morgan fingerprint density at radius 1 is 1.22 bits per heavy atom. The van der Waals surface area contributed by atoms with E-state index in [2.05, 4.69) is 31.4 Å². The number of urea groups is 1. The minimum atomic E-state index is -0.829. The second-order valence-electron chi connectivity index (χ2n) is 8.43. The minimum absolute atomic E-state index is 0.239. The van der Waals surface area contributed by atoms with Gasteiger partial charge in [-0.2, -0.15) is 0 Å². The van der Waals surface area contributed by atoms with Crippen LogP contribution in [0.4, 0.5) is 10.5 Å². The summed E-state index contributed by atoms with van der Waals surface area (Å²) in [7, 11) is 0. The van der Waals surface area contributed by atoms with Gasteiger partial charge in [0.05, 0.1) is 0 Å². The van der Waals surface area contributed by atoms with Crippen LogP contribution < -0.4 is 10.6 Å². The maximum Gasteiger partial charge on any atom is 0.325 e. The molecule has 0 unspecified atom stereocenters. The molecule has 6 nitrogen and oxygen atoms in total. The predicted octanol–water partition coefficient (Wildman–Crippen LogP) is 3.54. The number of nitrogens with one attached hydrogen (secondary N) is 2. The lowest BCUT2D eigenvalue weighted by atomic mass is 9.65. The summed E-state index contributed by atoms with van der Waals surface area (Å²) in [5.74, 6) is -0.0840. The van der Waals surface area contributed by atoms with E-state index in [4.69, 9.17) is 0 Å². The fourth-order valence-electron chi connectivity index (χ4n) is 4.21. The molecule has 1 aliphatic heterocycles. The Labute approximate surface area is 160 Å². The number of rotatable bonds is 5. The highest BCUT2D eigenvalue weighted by molar-refractivity contribution is 6.10. The van der Waals surface area contributed by atoms with Gasteiger partial charge in [0, 0.05) is 5.69 Å². The summed E-state index contributed by atoms with van der Waals surface area (Å²) in [6.07, 6.45) is 4.20. The first-order valence-electron chi connectivity index (χ1n) is 9.76. The molecule has 1 heterocycles. The SMILES string of the molecule is CCC(C)(C)C1CCC2(CC1)NC(=O)N(CC(=O)Nc1ccccc1)C2=O. The number of amides is 4. The molecule has 6 heteroatoms. The number of anilines is 1. The number of para-hydroxylation sites is 1. The summed E-state index contributed by atoms with van der Waals surface area (Å²) in [4.78, 5) is 38.7. The molecule has 0 bridgehead atoms. The molecule has 1 aromatic carbocycles. The molecule has 146 valence electrons. The highest BCUT2D eigenvalue weighted by Gasteiger charge is 2.53. The molecule has 2 N–H and O–H groups in total. The fourth-order valence-corrected chi connectivity index (χ4v) is 4.21. The Bertz CT molecular complexity index is 721. The molecule has 1 saturated carbocycles. The van der Waals surface area contributed by atoms with E-state index in [9.17, 15) is 14.4 Å². The van der Waals surface area contributed by atoms with Crippen LogP contribution in [0.3, 0.4) is 0 Å². The van der Waals surface area contributed by atoms with Crippen molar-refractivity contribution < 1.29 is 14.4 Å². The Morgan fingerprint density at radius 2 is 1.85 bits per heavy atom. The summed E-state index contributed by atoms with van der Waals surface area (Å²) in [6, 6.07) is 8.55. The standard InChI is InChI=1S/C21H29N3O3/c1-4-20(2,3)15-10-12-21(13-11-15)18(26)24(19(27)23-21)14-17(25)22-16-8-6-5-7-9-16/h5-9,15H,4,10-14H2,1-3H3,(H,22,25)(H,23,27). The number of hydrogen-bond donors (Lipinski definition) is 2. The van der Waals surface area contributed by atoms with Crippen molar-refractivity contribution in [3.8, 4) is 0 Å². The van der Waals surface area contributed by atoms with Crippen molar-refractivity contribution in [3.63, 3.8) is 0 Å². The van der Waals surface area contributed by atoms with Gasteiger partial charge in [0.25, 0.3) is 5.91 Å². The van der Waals surface area contributed by atoms with Crippen LogP contribution in [-0.2, 0) is 9.59 Å². The maximum atomic E-state index is 13.0. The van der Waals surface area contributed by atoms with E-state index in [1.807, 2.05) is 18.2 Å². The van der Waals surface area contributed by atoms with Gasteiger partial charge < -0.3 is 10.6 Å². The van der Waals surface area contributed by atoms with Gasteiger partial charge in [-0.3, -0.25) is 14.5 Å². The topological polar surface area (TPSA) is 78.5 Å². The smallest absolute Gasteiger partial charge is 0.325 e. The molecule has 0 aromatic heterocycles. The maximum absolute atomic E-state index is 13.0. The monoisotopic (exact) mass is 371 g/mol. The van der Waals surface area contributed by atoms with Gasteiger partial charge in [-0.1, -0.05) is 45.4 Å². The van der Waals surface area contributed by atoms with Gasteiger partial charge >= 0.3 is 6.03 Å². The normalized spacial score (nSPS) is 25.6. The molecule has 1 aliphatic carbocycles. The number of carbonyl (C=O) groups is 3. The van der Waals surface area contributed by atoms with E-state index in [1.54, 1.807) is 12.1 Å². The number of imide groups is 1. The van der Waals surface area contributed by atoms with Crippen LogP contribution in [0.2, 0.25) is 0 Å². The van der Waals surface area contributed by atoms with Crippen LogP contribution in [-0.4, -0.2) is 34.8 Å². The second-order valence-corrected chi connectivity index (χ2v) is 8.43. The third-order valence-electron chi connectivity index (χ3n) is 6.46. The van der Waals surface area contributed by atoms with Gasteiger partial charge in [0.1, 0.15) is 12.1 Å². The lowest BCUT2D eigenvalue weighted by molar-refractivity contribution is -0.135. The highest BCUT2D eigenvalue weighted by Crippen LogP contribution is 2.45. The lowest BCUT2D eigenvalue weighted by Crippen LogP contribution is -2.51. The summed E-state index contributed by atoms with van der Waals surface area (Å²) in [5.41, 5.74) is 0.0547. The summed E-state index contributed by atoms with van der Waals surface area (Å²) in [5, 5.41) is 5.61. The van der Waals surface area contributed by atoms with Gasteiger partial charge in [-0.25, -0.2) is 4.79 Å². The van der Waals surface area contributed by atoms with Crippen molar-refractivity contribution in [1.29, 1.82) is 0 Å². The van der Waals surface area contributed by atoms with E-state index in [-0.39, 0.29) is 23.8 Å². The first kappa shape index (κ1) is 19.4. The zero-order valence-corrected chi connectivity index (χ0v) is 16.4. The number of benzene rings is 1. The van der Waals surface area contributed by atoms with Crippen molar-refractivity contribution in [1.82, 2.24) is 10.2 Å². The molecule has 27 heavy (non-hydrogen) atoms. The van der Waals surface area contributed by atoms with Gasteiger partial charge in [-0.05, 0) is 49.1 Å². The van der Waals surface area contributed by atoms with Gasteiger partial charge in [-0.15, -0.1) is 0 Å². The van der Waals surface area contributed by atoms with Crippen molar-refractivity contribution in [3.05, 3.63) is 30.3 Å². The van der Waals surface area contributed by atoms with Crippen LogP contribution in [0, 0.1) is 11.3 Å². The van der Waals surface area contributed by atoms with E-state index >= 15 is 0 Å². The Morgan fingerprint density at radius 3 is 2.44 bits per heavy atom. The van der Waals surface area contributed by atoms with E-state index in [0.29, 0.717) is 24.4 Å².